The fraction of sp³-hybridized carbons (Fsp3) is 0.0625. The highest BCUT2D eigenvalue weighted by molar-refractivity contribution is 9.10. The number of halogens is 1. The lowest BCUT2D eigenvalue weighted by atomic mass is 10.1. The molecular formula is C16H10BrN2O3S-. The van der Waals surface area contributed by atoms with E-state index in [0.717, 1.165) is 10.0 Å². The van der Waals surface area contributed by atoms with E-state index in [1.165, 1.54) is 22.8 Å². The Morgan fingerprint density at radius 3 is 2.74 bits per heavy atom. The van der Waals surface area contributed by atoms with Crippen molar-refractivity contribution in [3.63, 3.8) is 0 Å². The van der Waals surface area contributed by atoms with Crippen LogP contribution in [0.2, 0.25) is 0 Å². The van der Waals surface area contributed by atoms with Gasteiger partial charge in [0.15, 0.2) is 4.77 Å². The molecule has 0 fully saturated rings. The number of aromatic carboxylic acids is 1. The molecule has 0 atom stereocenters. The predicted octanol–water partition coefficient (Wildman–Crippen LogP) is 2.23. The van der Waals surface area contributed by atoms with Crippen LogP contribution in [0.1, 0.15) is 15.9 Å². The van der Waals surface area contributed by atoms with Crippen molar-refractivity contribution in [2.24, 2.45) is 0 Å². The second-order valence-electron chi connectivity index (χ2n) is 5.00. The van der Waals surface area contributed by atoms with Crippen LogP contribution in [0.25, 0.3) is 10.9 Å². The molecular weight excluding hydrogens is 380 g/mol. The third-order valence-electron chi connectivity index (χ3n) is 3.45. The van der Waals surface area contributed by atoms with Gasteiger partial charge in [-0.25, -0.2) is 0 Å². The molecule has 116 valence electrons. The first-order valence-corrected chi connectivity index (χ1v) is 7.88. The Morgan fingerprint density at radius 1 is 1.26 bits per heavy atom. The lowest BCUT2D eigenvalue weighted by Crippen LogP contribution is -2.24. The van der Waals surface area contributed by atoms with E-state index >= 15 is 0 Å². The first kappa shape index (κ1) is 15.6. The molecule has 0 saturated heterocycles. The standard InChI is InChI=1S/C16H11BrN2O3S/c17-11-3-1-2-9(6-11)8-19-14(20)12-5-4-10(15(21)22)7-13(12)18-16(19)23/h1-7H,8H2,(H,18,23)(H,21,22)/p-1. The van der Waals surface area contributed by atoms with E-state index in [2.05, 4.69) is 20.9 Å². The van der Waals surface area contributed by atoms with Gasteiger partial charge in [0.1, 0.15) is 0 Å². The zero-order valence-corrected chi connectivity index (χ0v) is 14.1. The van der Waals surface area contributed by atoms with E-state index in [1.807, 2.05) is 24.3 Å². The van der Waals surface area contributed by atoms with Gasteiger partial charge < -0.3 is 14.9 Å². The Hall–Kier alpha value is -2.25. The van der Waals surface area contributed by atoms with Gasteiger partial charge in [0, 0.05) is 4.47 Å². The van der Waals surface area contributed by atoms with Crippen LogP contribution in [-0.4, -0.2) is 15.5 Å². The zero-order valence-electron chi connectivity index (χ0n) is 11.7. The number of hydrogen-bond donors (Lipinski definition) is 1. The van der Waals surface area contributed by atoms with E-state index in [0.29, 0.717) is 17.4 Å². The van der Waals surface area contributed by atoms with E-state index in [-0.39, 0.29) is 15.9 Å². The summed E-state index contributed by atoms with van der Waals surface area (Å²) in [6.07, 6.45) is 0. The van der Waals surface area contributed by atoms with Gasteiger partial charge in [0.25, 0.3) is 5.56 Å². The maximum atomic E-state index is 12.6. The number of H-pyrrole nitrogens is 1. The van der Waals surface area contributed by atoms with Crippen molar-refractivity contribution in [3.8, 4) is 0 Å². The number of carbonyl (C=O) groups is 1. The number of rotatable bonds is 3. The van der Waals surface area contributed by atoms with Gasteiger partial charge in [0.05, 0.1) is 23.4 Å². The minimum atomic E-state index is -1.30. The van der Waals surface area contributed by atoms with Crippen LogP contribution in [0.5, 0.6) is 0 Å². The molecule has 0 radical (unpaired) electrons. The topological polar surface area (TPSA) is 77.9 Å². The zero-order chi connectivity index (χ0) is 16.6. The minimum absolute atomic E-state index is 0.00714. The van der Waals surface area contributed by atoms with Crippen molar-refractivity contribution in [2.45, 2.75) is 6.54 Å². The van der Waals surface area contributed by atoms with E-state index < -0.39 is 5.97 Å². The maximum Gasteiger partial charge on any atom is 0.262 e. The number of aromatic nitrogens is 2. The highest BCUT2D eigenvalue weighted by Gasteiger charge is 2.08. The monoisotopic (exact) mass is 389 g/mol. The summed E-state index contributed by atoms with van der Waals surface area (Å²) in [5.74, 6) is -1.30. The van der Waals surface area contributed by atoms with E-state index in [1.54, 1.807) is 0 Å². The third-order valence-corrected chi connectivity index (χ3v) is 4.26. The largest absolute Gasteiger partial charge is 0.545 e. The summed E-state index contributed by atoms with van der Waals surface area (Å²) in [7, 11) is 0. The normalized spacial score (nSPS) is 10.8. The fourth-order valence-corrected chi connectivity index (χ4v) is 3.05. The Balaban J connectivity index is 2.15. The molecule has 0 bridgehead atoms. The van der Waals surface area contributed by atoms with Crippen LogP contribution in [0.15, 0.2) is 51.7 Å². The molecule has 0 aliphatic carbocycles. The Morgan fingerprint density at radius 2 is 2.04 bits per heavy atom. The first-order chi connectivity index (χ1) is 11.0. The quantitative estimate of drug-likeness (QED) is 0.696. The van der Waals surface area contributed by atoms with Crippen molar-refractivity contribution in [1.82, 2.24) is 9.55 Å². The SMILES string of the molecule is O=C([O-])c1ccc2c(=O)n(Cc3cccc(Br)c3)c(=S)[nH]c2c1. The molecule has 1 aromatic heterocycles. The Labute approximate surface area is 144 Å². The summed E-state index contributed by atoms with van der Waals surface area (Å²) >= 11 is 8.63. The molecule has 0 amide bonds. The number of carbonyl (C=O) groups excluding carboxylic acids is 1. The second kappa shape index (κ2) is 6.10. The van der Waals surface area contributed by atoms with Crippen LogP contribution in [-0.2, 0) is 6.54 Å². The molecule has 7 heteroatoms. The summed E-state index contributed by atoms with van der Waals surface area (Å²) in [5, 5.41) is 11.3. The van der Waals surface area contributed by atoms with Crippen LogP contribution in [0.4, 0.5) is 0 Å². The molecule has 0 saturated carbocycles. The van der Waals surface area contributed by atoms with Gasteiger partial charge in [0.2, 0.25) is 0 Å². The fourth-order valence-electron chi connectivity index (χ4n) is 2.34. The van der Waals surface area contributed by atoms with Crippen molar-refractivity contribution in [3.05, 3.63) is 73.2 Å². The number of fused-ring (bicyclic) bond motifs is 1. The first-order valence-electron chi connectivity index (χ1n) is 6.68. The molecule has 3 rings (SSSR count). The molecule has 5 nitrogen and oxygen atoms in total. The summed E-state index contributed by atoms with van der Waals surface area (Å²) in [6, 6.07) is 11.7. The average Bonchev–Trinajstić information content (AvgIpc) is 2.51. The second-order valence-corrected chi connectivity index (χ2v) is 6.30. The number of benzene rings is 2. The number of carboxylic acid groups (broad SMARTS) is 1. The molecule has 0 aliphatic heterocycles. The Kier molecular flexibility index (Phi) is 4.14. The van der Waals surface area contributed by atoms with Crippen LogP contribution >= 0.6 is 28.1 Å². The van der Waals surface area contributed by atoms with E-state index in [9.17, 15) is 14.7 Å². The number of carboxylic acids is 1. The van der Waals surface area contributed by atoms with Crippen molar-refractivity contribution in [1.29, 1.82) is 0 Å². The smallest absolute Gasteiger partial charge is 0.262 e. The molecule has 0 aliphatic rings. The number of hydrogen-bond acceptors (Lipinski definition) is 4. The van der Waals surface area contributed by atoms with Gasteiger partial charge in [-0.3, -0.25) is 9.36 Å². The third kappa shape index (κ3) is 3.11. The summed E-state index contributed by atoms with van der Waals surface area (Å²) in [4.78, 5) is 26.4. The van der Waals surface area contributed by atoms with Crippen molar-refractivity contribution >= 4 is 45.0 Å². The molecule has 0 unspecified atom stereocenters. The maximum absolute atomic E-state index is 12.6. The van der Waals surface area contributed by atoms with E-state index in [4.69, 9.17) is 12.2 Å². The Bertz CT molecular complexity index is 1040. The van der Waals surface area contributed by atoms with Gasteiger partial charge in [-0.05, 0) is 47.6 Å². The predicted molar refractivity (Wildman–Crippen MR) is 91.0 cm³/mol. The summed E-state index contributed by atoms with van der Waals surface area (Å²) < 4.78 is 2.59. The lowest BCUT2D eigenvalue weighted by molar-refractivity contribution is -0.255. The molecule has 23 heavy (non-hydrogen) atoms. The molecule has 3 aromatic rings. The van der Waals surface area contributed by atoms with Crippen molar-refractivity contribution in [2.75, 3.05) is 0 Å². The highest BCUT2D eigenvalue weighted by Crippen LogP contribution is 2.14. The summed E-state index contributed by atoms with van der Waals surface area (Å²) in [6.45, 7) is 0.325. The molecule has 2 aromatic carbocycles. The van der Waals surface area contributed by atoms with Crippen LogP contribution in [0, 0.1) is 4.77 Å². The molecule has 0 spiro atoms. The average molecular weight is 390 g/mol. The highest BCUT2D eigenvalue weighted by atomic mass is 79.9. The number of nitrogens with zero attached hydrogens (tertiary/aromatic N) is 1. The van der Waals surface area contributed by atoms with Gasteiger partial charge >= 0.3 is 0 Å². The van der Waals surface area contributed by atoms with Crippen molar-refractivity contribution < 1.29 is 9.90 Å². The van der Waals surface area contributed by atoms with Gasteiger partial charge in [-0.2, -0.15) is 0 Å². The molecule has 1 N–H and O–H groups in total. The lowest BCUT2D eigenvalue weighted by Gasteiger charge is -2.10. The van der Waals surface area contributed by atoms with Gasteiger partial charge in [-0.15, -0.1) is 0 Å². The summed E-state index contributed by atoms with van der Waals surface area (Å²) in [5.41, 5.74) is 1.03. The van der Waals surface area contributed by atoms with Crippen LogP contribution in [0.3, 0.4) is 0 Å². The van der Waals surface area contributed by atoms with Gasteiger partial charge in [-0.1, -0.05) is 34.1 Å². The minimum Gasteiger partial charge on any atom is -0.545 e. The van der Waals surface area contributed by atoms with Crippen LogP contribution < -0.4 is 10.7 Å². The number of aromatic amines is 1. The number of nitrogens with one attached hydrogen (secondary N) is 1. The molecule has 1 heterocycles.